The fourth-order valence-corrected chi connectivity index (χ4v) is 4.24. The standard InChI is InChI=1S/C20H10FN3O5S/c21-11-3-6-14-13(9-11)17(25)15-16(10-1-4-12(5-2-10)24(27)28)23(19(26)18(15)29-14)20-22-7-8-30-20/h1-9,16H. The number of nitro groups is 1. The quantitative estimate of drug-likeness (QED) is 0.364. The van der Waals surface area contributed by atoms with Crippen molar-refractivity contribution in [1.29, 1.82) is 0 Å². The highest BCUT2D eigenvalue weighted by molar-refractivity contribution is 7.13. The Balaban J connectivity index is 1.79. The van der Waals surface area contributed by atoms with Crippen LogP contribution in [0.5, 0.6) is 0 Å². The van der Waals surface area contributed by atoms with Gasteiger partial charge in [0.2, 0.25) is 5.76 Å². The maximum absolute atomic E-state index is 13.8. The molecule has 1 aliphatic rings. The van der Waals surface area contributed by atoms with Crippen molar-refractivity contribution in [2.75, 3.05) is 4.90 Å². The predicted molar refractivity (Wildman–Crippen MR) is 106 cm³/mol. The van der Waals surface area contributed by atoms with E-state index in [0.29, 0.717) is 10.7 Å². The fourth-order valence-electron chi connectivity index (χ4n) is 3.57. The minimum Gasteiger partial charge on any atom is -0.450 e. The molecule has 1 amide bonds. The fraction of sp³-hybridized carbons (Fsp3) is 0.0500. The van der Waals surface area contributed by atoms with Gasteiger partial charge in [-0.2, -0.15) is 0 Å². The number of anilines is 1. The van der Waals surface area contributed by atoms with Gasteiger partial charge in [0, 0.05) is 23.7 Å². The van der Waals surface area contributed by atoms with Crippen LogP contribution in [-0.4, -0.2) is 15.8 Å². The highest BCUT2D eigenvalue weighted by Gasteiger charge is 2.44. The van der Waals surface area contributed by atoms with E-state index in [1.54, 1.807) is 5.38 Å². The Morgan fingerprint density at radius 1 is 1.17 bits per heavy atom. The Labute approximate surface area is 171 Å². The molecule has 0 bridgehead atoms. The third-order valence-corrected chi connectivity index (χ3v) is 5.65. The third-order valence-electron chi connectivity index (χ3n) is 4.88. The normalized spacial score (nSPS) is 15.6. The van der Waals surface area contributed by atoms with Gasteiger partial charge in [-0.25, -0.2) is 9.37 Å². The molecule has 0 saturated carbocycles. The van der Waals surface area contributed by atoms with E-state index in [1.165, 1.54) is 52.8 Å². The van der Waals surface area contributed by atoms with E-state index in [4.69, 9.17) is 4.42 Å². The Morgan fingerprint density at radius 3 is 2.60 bits per heavy atom. The number of halogens is 1. The summed E-state index contributed by atoms with van der Waals surface area (Å²) in [5, 5.41) is 13.0. The minimum absolute atomic E-state index is 0.00875. The number of rotatable bonds is 3. The van der Waals surface area contributed by atoms with Crippen LogP contribution in [0.25, 0.3) is 11.0 Å². The van der Waals surface area contributed by atoms with E-state index in [-0.39, 0.29) is 28.0 Å². The Kier molecular flexibility index (Phi) is 3.97. The summed E-state index contributed by atoms with van der Waals surface area (Å²) in [6.07, 6.45) is 1.52. The lowest BCUT2D eigenvalue weighted by atomic mass is 9.98. The van der Waals surface area contributed by atoms with Gasteiger partial charge in [0.05, 0.1) is 21.9 Å². The van der Waals surface area contributed by atoms with Crippen LogP contribution in [0.2, 0.25) is 0 Å². The summed E-state index contributed by atoms with van der Waals surface area (Å²) in [7, 11) is 0. The van der Waals surface area contributed by atoms with Gasteiger partial charge in [0.15, 0.2) is 10.6 Å². The van der Waals surface area contributed by atoms with Crippen LogP contribution < -0.4 is 10.3 Å². The second-order valence-electron chi connectivity index (χ2n) is 6.56. The van der Waals surface area contributed by atoms with E-state index in [1.807, 2.05) is 0 Å². The Hall–Kier alpha value is -3.92. The first-order valence-corrected chi connectivity index (χ1v) is 9.57. The SMILES string of the molecule is O=C1c2oc3ccc(F)cc3c(=O)c2C(c2ccc([N+](=O)[O-])cc2)N1c1nccs1. The molecule has 8 nitrogen and oxygen atoms in total. The molecule has 0 radical (unpaired) electrons. The summed E-state index contributed by atoms with van der Waals surface area (Å²) in [5.41, 5.74) is -0.0664. The van der Waals surface area contributed by atoms with Crippen molar-refractivity contribution in [3.8, 4) is 0 Å². The van der Waals surface area contributed by atoms with Gasteiger partial charge in [-0.15, -0.1) is 11.3 Å². The number of amides is 1. The van der Waals surface area contributed by atoms with Crippen molar-refractivity contribution in [2.45, 2.75) is 6.04 Å². The lowest BCUT2D eigenvalue weighted by Gasteiger charge is -2.22. The first-order valence-electron chi connectivity index (χ1n) is 8.69. The number of nitrogens with zero attached hydrogens (tertiary/aromatic N) is 3. The third kappa shape index (κ3) is 2.61. The molecular formula is C20H10FN3O5S. The van der Waals surface area contributed by atoms with Gasteiger partial charge in [-0.3, -0.25) is 24.6 Å². The largest absolute Gasteiger partial charge is 0.450 e. The van der Waals surface area contributed by atoms with E-state index in [2.05, 4.69) is 4.98 Å². The van der Waals surface area contributed by atoms with Gasteiger partial charge < -0.3 is 4.42 Å². The number of hydrogen-bond acceptors (Lipinski definition) is 7. The van der Waals surface area contributed by atoms with E-state index in [9.17, 15) is 24.1 Å². The van der Waals surface area contributed by atoms with E-state index < -0.39 is 28.1 Å². The molecule has 0 saturated heterocycles. The highest BCUT2D eigenvalue weighted by Crippen LogP contribution is 2.42. The zero-order valence-electron chi connectivity index (χ0n) is 14.9. The molecule has 4 aromatic rings. The van der Waals surface area contributed by atoms with Crippen LogP contribution in [0.3, 0.4) is 0 Å². The monoisotopic (exact) mass is 423 g/mol. The summed E-state index contributed by atoms with van der Waals surface area (Å²) in [6, 6.07) is 8.12. The highest BCUT2D eigenvalue weighted by atomic mass is 32.1. The summed E-state index contributed by atoms with van der Waals surface area (Å²) >= 11 is 1.20. The van der Waals surface area contributed by atoms with Crippen molar-refractivity contribution in [3.63, 3.8) is 0 Å². The average Bonchev–Trinajstić information content (AvgIpc) is 3.35. The second kappa shape index (κ2) is 6.56. The second-order valence-corrected chi connectivity index (χ2v) is 7.43. The van der Waals surface area contributed by atoms with E-state index >= 15 is 0 Å². The molecule has 148 valence electrons. The molecule has 1 aliphatic heterocycles. The molecule has 2 aromatic heterocycles. The minimum atomic E-state index is -0.914. The number of fused-ring (bicyclic) bond motifs is 2. The molecule has 5 rings (SSSR count). The molecule has 30 heavy (non-hydrogen) atoms. The van der Waals surface area contributed by atoms with Crippen LogP contribution in [0.1, 0.15) is 27.7 Å². The maximum Gasteiger partial charge on any atom is 0.297 e. The molecule has 0 N–H and O–H groups in total. The van der Waals surface area contributed by atoms with Crippen molar-refractivity contribution in [2.24, 2.45) is 0 Å². The predicted octanol–water partition coefficient (Wildman–Crippen LogP) is 4.05. The van der Waals surface area contributed by atoms with Crippen molar-refractivity contribution >= 4 is 39.0 Å². The Bertz CT molecular complexity index is 1380. The molecule has 1 atom stereocenters. The lowest BCUT2D eigenvalue weighted by molar-refractivity contribution is -0.384. The van der Waals surface area contributed by atoms with E-state index in [0.717, 1.165) is 12.1 Å². The molecule has 0 spiro atoms. The average molecular weight is 423 g/mol. The number of hydrogen-bond donors (Lipinski definition) is 0. The first-order chi connectivity index (χ1) is 14.5. The van der Waals surface area contributed by atoms with Gasteiger partial charge >= 0.3 is 0 Å². The van der Waals surface area contributed by atoms with Crippen molar-refractivity contribution < 1.29 is 18.5 Å². The number of carbonyl (C=O) groups is 1. The zero-order chi connectivity index (χ0) is 21.0. The molecule has 10 heteroatoms. The van der Waals surface area contributed by atoms with Crippen LogP contribution in [0, 0.1) is 15.9 Å². The molecule has 0 fully saturated rings. The number of carbonyl (C=O) groups excluding carboxylic acids is 1. The Morgan fingerprint density at radius 2 is 1.93 bits per heavy atom. The number of benzene rings is 2. The summed E-state index contributed by atoms with van der Waals surface area (Å²) in [4.78, 5) is 42.4. The molecular weight excluding hydrogens is 413 g/mol. The molecule has 3 heterocycles. The molecule has 1 unspecified atom stereocenters. The molecule has 0 aliphatic carbocycles. The van der Waals surface area contributed by atoms with Gasteiger partial charge in [0.1, 0.15) is 11.4 Å². The number of nitro benzene ring substituents is 1. The smallest absolute Gasteiger partial charge is 0.297 e. The summed E-state index contributed by atoms with van der Waals surface area (Å²) in [5.74, 6) is -1.33. The number of aromatic nitrogens is 1. The number of non-ortho nitro benzene ring substituents is 1. The molecule has 2 aromatic carbocycles. The lowest BCUT2D eigenvalue weighted by Crippen LogP contribution is -2.29. The summed E-state index contributed by atoms with van der Waals surface area (Å²) < 4.78 is 19.5. The summed E-state index contributed by atoms with van der Waals surface area (Å²) in [6.45, 7) is 0. The zero-order valence-corrected chi connectivity index (χ0v) is 15.8. The van der Waals surface area contributed by atoms with Crippen molar-refractivity contribution in [1.82, 2.24) is 4.98 Å². The topological polar surface area (TPSA) is 107 Å². The van der Waals surface area contributed by atoms with Crippen molar-refractivity contribution in [3.05, 3.63) is 97.1 Å². The van der Waals surface area contributed by atoms with Crippen LogP contribution in [0.4, 0.5) is 15.2 Å². The van der Waals surface area contributed by atoms with Crippen LogP contribution in [0.15, 0.2) is 63.3 Å². The first kappa shape index (κ1) is 18.1. The number of thiazole rings is 1. The maximum atomic E-state index is 13.8. The van der Waals surface area contributed by atoms with Gasteiger partial charge in [0.25, 0.3) is 11.6 Å². The van der Waals surface area contributed by atoms with Crippen LogP contribution in [-0.2, 0) is 0 Å². The van der Waals surface area contributed by atoms with Gasteiger partial charge in [-0.1, -0.05) is 0 Å². The van der Waals surface area contributed by atoms with Crippen LogP contribution >= 0.6 is 11.3 Å². The van der Waals surface area contributed by atoms with Gasteiger partial charge in [-0.05, 0) is 35.9 Å².